The summed E-state index contributed by atoms with van der Waals surface area (Å²) in [5, 5.41) is 11.7. The molecule has 1 atom stereocenters. The van der Waals surface area contributed by atoms with Gasteiger partial charge in [0.05, 0.1) is 23.6 Å². The van der Waals surface area contributed by atoms with E-state index in [1.807, 2.05) is 19.9 Å². The standard InChI is InChI=1S/C20H23N3O4S/c1-14(2)11-19(20(24)22-16-6-4-5-15(12-16)13-21)23-28(25,26)18-9-7-17(27-3)8-10-18/h4-10,12,14,19,23H,11H2,1-3H3,(H,22,24)/t19-/m1/s1. The maximum absolute atomic E-state index is 12.7. The number of amides is 1. The van der Waals surface area contributed by atoms with Crippen LogP contribution in [0.4, 0.5) is 5.69 Å². The molecule has 0 saturated heterocycles. The largest absolute Gasteiger partial charge is 0.497 e. The summed E-state index contributed by atoms with van der Waals surface area (Å²) in [5.74, 6) is 0.133. The van der Waals surface area contributed by atoms with Crippen LogP contribution >= 0.6 is 0 Å². The first-order valence-electron chi connectivity index (χ1n) is 8.72. The molecule has 0 saturated carbocycles. The lowest BCUT2D eigenvalue weighted by Crippen LogP contribution is -2.44. The van der Waals surface area contributed by atoms with E-state index in [0.717, 1.165) is 0 Å². The molecule has 0 fully saturated rings. The van der Waals surface area contributed by atoms with Gasteiger partial charge in [0.15, 0.2) is 0 Å². The van der Waals surface area contributed by atoms with E-state index < -0.39 is 22.0 Å². The third-order valence-corrected chi connectivity index (χ3v) is 5.44. The first-order chi connectivity index (χ1) is 13.2. The predicted molar refractivity (Wildman–Crippen MR) is 106 cm³/mol. The van der Waals surface area contributed by atoms with Crippen molar-refractivity contribution in [3.63, 3.8) is 0 Å². The average Bonchev–Trinajstić information content (AvgIpc) is 2.67. The van der Waals surface area contributed by atoms with Crippen LogP contribution in [0.5, 0.6) is 5.75 Å². The summed E-state index contributed by atoms with van der Waals surface area (Å²) in [5.41, 5.74) is 0.832. The molecule has 8 heteroatoms. The van der Waals surface area contributed by atoms with Crippen molar-refractivity contribution in [3.05, 3.63) is 54.1 Å². The van der Waals surface area contributed by atoms with Crippen molar-refractivity contribution in [2.24, 2.45) is 5.92 Å². The van der Waals surface area contributed by atoms with Gasteiger partial charge in [0.2, 0.25) is 15.9 Å². The minimum atomic E-state index is -3.90. The normalized spacial score (nSPS) is 12.2. The number of anilines is 1. The van der Waals surface area contributed by atoms with Crippen LogP contribution in [0.2, 0.25) is 0 Å². The number of hydrogen-bond donors (Lipinski definition) is 2. The predicted octanol–water partition coefficient (Wildman–Crippen LogP) is 2.90. The molecule has 0 aliphatic rings. The highest BCUT2D eigenvalue weighted by atomic mass is 32.2. The van der Waals surface area contributed by atoms with Crippen molar-refractivity contribution in [2.75, 3.05) is 12.4 Å². The molecule has 0 radical (unpaired) electrons. The van der Waals surface area contributed by atoms with Gasteiger partial charge in [0.25, 0.3) is 0 Å². The fourth-order valence-electron chi connectivity index (χ4n) is 2.59. The topological polar surface area (TPSA) is 108 Å². The fourth-order valence-corrected chi connectivity index (χ4v) is 3.79. The number of carbonyl (C=O) groups excluding carboxylic acids is 1. The molecule has 2 aromatic carbocycles. The minimum Gasteiger partial charge on any atom is -0.497 e. The number of ether oxygens (including phenoxy) is 1. The van der Waals surface area contributed by atoms with Crippen molar-refractivity contribution >= 4 is 21.6 Å². The monoisotopic (exact) mass is 401 g/mol. The van der Waals surface area contributed by atoms with Gasteiger partial charge in [-0.05, 0) is 54.8 Å². The molecule has 0 aliphatic heterocycles. The Labute approximate surface area is 165 Å². The number of nitrogens with one attached hydrogen (secondary N) is 2. The van der Waals surface area contributed by atoms with Crippen LogP contribution in [0, 0.1) is 17.2 Å². The Balaban J connectivity index is 2.21. The van der Waals surface area contributed by atoms with Gasteiger partial charge in [0, 0.05) is 5.69 Å². The third-order valence-electron chi connectivity index (χ3n) is 3.95. The lowest BCUT2D eigenvalue weighted by molar-refractivity contribution is -0.118. The van der Waals surface area contributed by atoms with E-state index in [-0.39, 0.29) is 10.8 Å². The summed E-state index contributed by atoms with van der Waals surface area (Å²) in [6.45, 7) is 3.80. The zero-order valence-electron chi connectivity index (χ0n) is 16.0. The Morgan fingerprint density at radius 1 is 1.18 bits per heavy atom. The smallest absolute Gasteiger partial charge is 0.242 e. The van der Waals surface area contributed by atoms with Gasteiger partial charge < -0.3 is 10.1 Å². The molecule has 28 heavy (non-hydrogen) atoms. The van der Waals surface area contributed by atoms with Crippen molar-refractivity contribution in [1.29, 1.82) is 5.26 Å². The Morgan fingerprint density at radius 3 is 2.43 bits per heavy atom. The molecule has 0 aromatic heterocycles. The average molecular weight is 401 g/mol. The van der Waals surface area contributed by atoms with Crippen molar-refractivity contribution in [3.8, 4) is 11.8 Å². The van der Waals surface area contributed by atoms with Gasteiger partial charge in [-0.15, -0.1) is 0 Å². The van der Waals surface area contributed by atoms with Gasteiger partial charge in [-0.25, -0.2) is 8.42 Å². The van der Waals surface area contributed by atoms with Crippen molar-refractivity contribution in [1.82, 2.24) is 4.72 Å². The van der Waals surface area contributed by atoms with E-state index in [9.17, 15) is 13.2 Å². The van der Waals surface area contributed by atoms with E-state index >= 15 is 0 Å². The maximum Gasteiger partial charge on any atom is 0.242 e. The van der Waals surface area contributed by atoms with Crippen LogP contribution in [0.1, 0.15) is 25.8 Å². The Morgan fingerprint density at radius 2 is 1.86 bits per heavy atom. The van der Waals surface area contributed by atoms with E-state index in [1.165, 1.54) is 25.3 Å². The fraction of sp³-hybridized carbons (Fsp3) is 0.300. The van der Waals surface area contributed by atoms with Crippen LogP contribution in [0.15, 0.2) is 53.4 Å². The van der Waals surface area contributed by atoms with Crippen LogP contribution in [0.3, 0.4) is 0 Å². The lowest BCUT2D eigenvalue weighted by atomic mass is 10.0. The van der Waals surface area contributed by atoms with Crippen molar-refractivity contribution in [2.45, 2.75) is 31.2 Å². The number of rotatable bonds is 8. The first kappa shape index (κ1) is 21.4. The van der Waals surface area contributed by atoms with Crippen molar-refractivity contribution < 1.29 is 17.9 Å². The number of nitriles is 1. The Bertz CT molecular complexity index is 964. The van der Waals surface area contributed by atoms with E-state index in [2.05, 4.69) is 10.0 Å². The zero-order chi connectivity index (χ0) is 20.7. The summed E-state index contributed by atoms with van der Waals surface area (Å²) in [7, 11) is -2.41. The number of hydrogen-bond acceptors (Lipinski definition) is 5. The SMILES string of the molecule is COc1ccc(S(=O)(=O)N[C@H](CC(C)C)C(=O)Nc2cccc(C#N)c2)cc1. The summed E-state index contributed by atoms with van der Waals surface area (Å²) >= 11 is 0. The number of nitrogens with zero attached hydrogens (tertiary/aromatic N) is 1. The number of methoxy groups -OCH3 is 1. The van der Waals surface area contributed by atoms with Crippen LogP contribution in [0.25, 0.3) is 0 Å². The quantitative estimate of drug-likeness (QED) is 0.707. The molecular formula is C20H23N3O4S. The van der Waals surface area contributed by atoms with Gasteiger partial charge in [-0.1, -0.05) is 19.9 Å². The molecule has 2 rings (SSSR count). The number of sulfonamides is 1. The first-order valence-corrected chi connectivity index (χ1v) is 10.2. The molecular weight excluding hydrogens is 378 g/mol. The van der Waals surface area contributed by atoms with Gasteiger partial charge in [-0.2, -0.15) is 9.98 Å². The third kappa shape index (κ3) is 5.81. The highest BCUT2D eigenvalue weighted by Gasteiger charge is 2.26. The molecule has 0 aliphatic carbocycles. The molecule has 0 unspecified atom stereocenters. The molecule has 7 nitrogen and oxygen atoms in total. The summed E-state index contributed by atoms with van der Waals surface area (Å²) in [4.78, 5) is 12.8. The van der Waals surface area contributed by atoms with Gasteiger partial charge >= 0.3 is 0 Å². The molecule has 1 amide bonds. The second-order valence-electron chi connectivity index (χ2n) is 6.66. The van der Waals surface area contributed by atoms with Crippen LogP contribution in [-0.4, -0.2) is 27.5 Å². The van der Waals surface area contributed by atoms with Gasteiger partial charge in [-0.3, -0.25) is 4.79 Å². The van der Waals surface area contributed by atoms with Crippen LogP contribution < -0.4 is 14.8 Å². The molecule has 0 bridgehead atoms. The molecule has 2 N–H and O–H groups in total. The zero-order valence-corrected chi connectivity index (χ0v) is 16.8. The molecule has 0 heterocycles. The minimum absolute atomic E-state index is 0.0429. The summed E-state index contributed by atoms with van der Waals surface area (Å²) in [6.07, 6.45) is 0.319. The highest BCUT2D eigenvalue weighted by molar-refractivity contribution is 7.89. The maximum atomic E-state index is 12.7. The van der Waals surface area contributed by atoms with Crippen LogP contribution in [-0.2, 0) is 14.8 Å². The summed E-state index contributed by atoms with van der Waals surface area (Å²) < 4.78 is 32.9. The lowest BCUT2D eigenvalue weighted by Gasteiger charge is -2.20. The van der Waals surface area contributed by atoms with E-state index in [4.69, 9.17) is 10.00 Å². The highest BCUT2D eigenvalue weighted by Crippen LogP contribution is 2.18. The van der Waals surface area contributed by atoms with E-state index in [1.54, 1.807) is 30.3 Å². The number of benzene rings is 2. The van der Waals surface area contributed by atoms with Gasteiger partial charge in [0.1, 0.15) is 11.8 Å². The number of carbonyl (C=O) groups is 1. The summed E-state index contributed by atoms with van der Waals surface area (Å²) in [6, 6.07) is 13.4. The molecule has 148 valence electrons. The Kier molecular flexibility index (Phi) is 7.15. The second-order valence-corrected chi connectivity index (χ2v) is 8.37. The Hall–Kier alpha value is -2.89. The molecule has 2 aromatic rings. The molecule has 0 spiro atoms. The van der Waals surface area contributed by atoms with E-state index in [0.29, 0.717) is 23.4 Å². The second kappa shape index (κ2) is 9.35.